The lowest BCUT2D eigenvalue weighted by Gasteiger charge is -2.21. The number of rotatable bonds is 7. The number of nitrogens with one attached hydrogen (secondary N) is 2. The van der Waals surface area contributed by atoms with Crippen molar-refractivity contribution < 1.29 is 18.4 Å². The quantitative estimate of drug-likeness (QED) is 0.654. The van der Waals surface area contributed by atoms with E-state index in [1.165, 1.54) is 6.26 Å². The summed E-state index contributed by atoms with van der Waals surface area (Å²) in [6, 6.07) is 13.7. The molecule has 0 bridgehead atoms. The van der Waals surface area contributed by atoms with Crippen LogP contribution in [0.4, 0.5) is 0 Å². The SMILES string of the molecule is Cc1cc(C(C)NC(=O)C(Cc2ccccc2)NC(=O)c2ccco2)c(C)o1. The number of carbonyl (C=O) groups excluding carboxylic acids is 2. The molecule has 6 nitrogen and oxygen atoms in total. The number of carbonyl (C=O) groups is 2. The molecule has 2 atom stereocenters. The van der Waals surface area contributed by atoms with E-state index in [0.29, 0.717) is 6.42 Å². The van der Waals surface area contributed by atoms with E-state index < -0.39 is 11.9 Å². The third kappa shape index (κ3) is 4.71. The average molecular weight is 380 g/mol. The number of aryl methyl sites for hydroxylation is 2. The minimum atomic E-state index is -0.740. The maximum Gasteiger partial charge on any atom is 0.287 e. The molecule has 2 N–H and O–H groups in total. The fraction of sp³-hybridized carbons (Fsp3) is 0.273. The van der Waals surface area contributed by atoms with Crippen LogP contribution < -0.4 is 10.6 Å². The fourth-order valence-corrected chi connectivity index (χ4v) is 3.17. The molecular formula is C22H24N2O4. The molecule has 3 aromatic rings. The van der Waals surface area contributed by atoms with Gasteiger partial charge in [-0.2, -0.15) is 0 Å². The second-order valence-electron chi connectivity index (χ2n) is 6.79. The average Bonchev–Trinajstić information content (AvgIpc) is 3.31. The van der Waals surface area contributed by atoms with Crippen molar-refractivity contribution in [2.24, 2.45) is 0 Å². The van der Waals surface area contributed by atoms with Gasteiger partial charge >= 0.3 is 0 Å². The number of furan rings is 2. The molecule has 0 fully saturated rings. The molecule has 2 heterocycles. The van der Waals surface area contributed by atoms with E-state index >= 15 is 0 Å². The number of hydrogen-bond acceptors (Lipinski definition) is 4. The lowest BCUT2D eigenvalue weighted by molar-refractivity contribution is -0.123. The molecule has 2 aromatic heterocycles. The molecule has 0 aliphatic heterocycles. The van der Waals surface area contributed by atoms with Crippen molar-refractivity contribution in [1.29, 1.82) is 0 Å². The largest absolute Gasteiger partial charge is 0.466 e. The molecule has 0 aliphatic rings. The Balaban J connectivity index is 1.75. The van der Waals surface area contributed by atoms with Gasteiger partial charge in [0.05, 0.1) is 12.3 Å². The fourth-order valence-electron chi connectivity index (χ4n) is 3.17. The van der Waals surface area contributed by atoms with Gasteiger partial charge in [-0.25, -0.2) is 0 Å². The Labute approximate surface area is 163 Å². The van der Waals surface area contributed by atoms with Crippen LogP contribution in [-0.4, -0.2) is 17.9 Å². The minimum absolute atomic E-state index is 0.167. The standard InChI is InChI=1S/C22H24N2O4/c1-14-12-18(16(3)28-14)15(2)23-21(25)19(13-17-8-5-4-6-9-17)24-22(26)20-10-7-11-27-20/h4-12,15,19H,13H2,1-3H3,(H,23,25)(H,24,26). The predicted octanol–water partition coefficient (Wildman–Crippen LogP) is 3.71. The smallest absolute Gasteiger partial charge is 0.287 e. The molecule has 0 radical (unpaired) electrons. The maximum absolute atomic E-state index is 13.0. The van der Waals surface area contributed by atoms with Gasteiger partial charge in [0.25, 0.3) is 5.91 Å². The lowest BCUT2D eigenvalue weighted by Crippen LogP contribution is -2.48. The van der Waals surface area contributed by atoms with Gasteiger partial charge in [0.2, 0.25) is 5.91 Å². The van der Waals surface area contributed by atoms with E-state index in [-0.39, 0.29) is 17.7 Å². The summed E-state index contributed by atoms with van der Waals surface area (Å²) in [7, 11) is 0. The van der Waals surface area contributed by atoms with Gasteiger partial charge in [-0.15, -0.1) is 0 Å². The Morgan fingerprint density at radius 1 is 1.04 bits per heavy atom. The maximum atomic E-state index is 13.0. The van der Waals surface area contributed by atoms with Crippen LogP contribution >= 0.6 is 0 Å². The van der Waals surface area contributed by atoms with Gasteiger partial charge < -0.3 is 19.5 Å². The minimum Gasteiger partial charge on any atom is -0.466 e. The van der Waals surface area contributed by atoms with E-state index in [2.05, 4.69) is 10.6 Å². The summed E-state index contributed by atoms with van der Waals surface area (Å²) in [5.41, 5.74) is 1.87. The summed E-state index contributed by atoms with van der Waals surface area (Å²) in [6.45, 7) is 5.63. The lowest BCUT2D eigenvalue weighted by atomic mass is 10.0. The van der Waals surface area contributed by atoms with Crippen LogP contribution in [0.5, 0.6) is 0 Å². The van der Waals surface area contributed by atoms with E-state index in [9.17, 15) is 9.59 Å². The van der Waals surface area contributed by atoms with E-state index in [0.717, 1.165) is 22.6 Å². The highest BCUT2D eigenvalue weighted by Crippen LogP contribution is 2.21. The Hall–Kier alpha value is -3.28. The molecule has 2 unspecified atom stereocenters. The van der Waals surface area contributed by atoms with Crippen LogP contribution in [0, 0.1) is 13.8 Å². The Morgan fingerprint density at radius 3 is 2.39 bits per heavy atom. The van der Waals surface area contributed by atoms with Crippen molar-refractivity contribution in [2.75, 3.05) is 0 Å². The van der Waals surface area contributed by atoms with Gasteiger partial charge in [0.1, 0.15) is 17.6 Å². The van der Waals surface area contributed by atoms with Gasteiger partial charge in [0, 0.05) is 12.0 Å². The first-order chi connectivity index (χ1) is 13.4. The number of amides is 2. The second-order valence-corrected chi connectivity index (χ2v) is 6.79. The molecule has 0 aliphatic carbocycles. The molecule has 3 rings (SSSR count). The highest BCUT2D eigenvalue weighted by Gasteiger charge is 2.25. The predicted molar refractivity (Wildman–Crippen MR) is 105 cm³/mol. The number of benzene rings is 1. The Morgan fingerprint density at radius 2 is 1.79 bits per heavy atom. The zero-order valence-electron chi connectivity index (χ0n) is 16.2. The monoisotopic (exact) mass is 380 g/mol. The first kappa shape index (κ1) is 19.5. The van der Waals surface area contributed by atoms with Crippen molar-refractivity contribution in [1.82, 2.24) is 10.6 Å². The molecule has 2 amide bonds. The van der Waals surface area contributed by atoms with Gasteiger partial charge in [-0.1, -0.05) is 30.3 Å². The molecule has 0 spiro atoms. The van der Waals surface area contributed by atoms with Crippen molar-refractivity contribution in [2.45, 2.75) is 39.3 Å². The first-order valence-corrected chi connectivity index (χ1v) is 9.19. The van der Waals surface area contributed by atoms with Crippen LogP contribution in [0.25, 0.3) is 0 Å². The van der Waals surface area contributed by atoms with Crippen LogP contribution in [0.2, 0.25) is 0 Å². The first-order valence-electron chi connectivity index (χ1n) is 9.19. The molecule has 6 heteroatoms. The van der Waals surface area contributed by atoms with Crippen molar-refractivity contribution >= 4 is 11.8 Å². The Kier molecular flexibility index (Phi) is 5.99. The summed E-state index contributed by atoms with van der Waals surface area (Å²) in [5, 5.41) is 5.75. The third-order valence-corrected chi connectivity index (χ3v) is 4.55. The van der Waals surface area contributed by atoms with Gasteiger partial charge in [-0.05, 0) is 44.5 Å². The van der Waals surface area contributed by atoms with Crippen molar-refractivity contribution in [3.05, 3.63) is 83.2 Å². The van der Waals surface area contributed by atoms with Gasteiger partial charge in [0.15, 0.2) is 5.76 Å². The molecular weight excluding hydrogens is 356 g/mol. The molecule has 1 aromatic carbocycles. The van der Waals surface area contributed by atoms with Crippen LogP contribution in [-0.2, 0) is 11.2 Å². The van der Waals surface area contributed by atoms with Crippen molar-refractivity contribution in [3.8, 4) is 0 Å². The van der Waals surface area contributed by atoms with Crippen LogP contribution in [0.15, 0.2) is 63.6 Å². The van der Waals surface area contributed by atoms with Gasteiger partial charge in [-0.3, -0.25) is 9.59 Å². The Bertz CT molecular complexity index is 929. The van der Waals surface area contributed by atoms with Crippen molar-refractivity contribution in [3.63, 3.8) is 0 Å². The zero-order valence-corrected chi connectivity index (χ0v) is 16.2. The highest BCUT2D eigenvalue weighted by atomic mass is 16.3. The summed E-state index contributed by atoms with van der Waals surface area (Å²) in [4.78, 5) is 25.4. The zero-order chi connectivity index (χ0) is 20.1. The molecule has 28 heavy (non-hydrogen) atoms. The van der Waals surface area contributed by atoms with E-state index in [1.807, 2.05) is 57.2 Å². The van der Waals surface area contributed by atoms with E-state index in [4.69, 9.17) is 8.83 Å². The number of hydrogen-bond donors (Lipinski definition) is 2. The molecule has 0 saturated carbocycles. The van der Waals surface area contributed by atoms with Crippen LogP contribution in [0.3, 0.4) is 0 Å². The summed E-state index contributed by atoms with van der Waals surface area (Å²) in [6.07, 6.45) is 1.79. The third-order valence-electron chi connectivity index (χ3n) is 4.55. The highest BCUT2D eigenvalue weighted by molar-refractivity contribution is 5.95. The molecule has 0 saturated heterocycles. The summed E-state index contributed by atoms with van der Waals surface area (Å²) >= 11 is 0. The molecule has 146 valence electrons. The normalized spacial score (nSPS) is 13.0. The van der Waals surface area contributed by atoms with E-state index in [1.54, 1.807) is 12.1 Å². The topological polar surface area (TPSA) is 84.5 Å². The van der Waals surface area contributed by atoms with Crippen LogP contribution in [0.1, 0.15) is 46.2 Å². The summed E-state index contributed by atoms with van der Waals surface area (Å²) < 4.78 is 10.7. The summed E-state index contributed by atoms with van der Waals surface area (Å²) in [5.74, 6) is 1.03. The second kappa shape index (κ2) is 8.61.